The molecule has 0 spiro atoms. The van der Waals surface area contributed by atoms with Crippen LogP contribution in [0.3, 0.4) is 0 Å². The third kappa shape index (κ3) is 10.3. The Hall–Kier alpha value is -3.88. The van der Waals surface area contributed by atoms with Crippen molar-refractivity contribution in [2.75, 3.05) is 13.7 Å². The Kier molecular flexibility index (Phi) is 11.8. The number of carbonyl (C=O) groups excluding carboxylic acids is 4. The molecule has 0 aliphatic carbocycles. The lowest BCUT2D eigenvalue weighted by atomic mass is 10.1. The lowest BCUT2D eigenvalue weighted by Gasteiger charge is -2.22. The molecule has 2 atom stereocenters. The Labute approximate surface area is 205 Å². The fraction of sp³-hybridized carbons (Fsp3) is 0.385. The van der Waals surface area contributed by atoms with Crippen LogP contribution in [0, 0.1) is 0 Å². The minimum Gasteiger partial charge on any atom is -0.467 e. The van der Waals surface area contributed by atoms with E-state index in [4.69, 9.17) is 14.2 Å². The zero-order valence-electron chi connectivity index (χ0n) is 20.0. The van der Waals surface area contributed by atoms with Gasteiger partial charge in [0.15, 0.2) is 0 Å². The van der Waals surface area contributed by atoms with Crippen LogP contribution in [0.4, 0.5) is 4.79 Å². The zero-order valence-corrected chi connectivity index (χ0v) is 20.0. The molecule has 0 aromatic heterocycles. The number of methoxy groups -OCH3 is 1. The Morgan fingerprint density at radius 1 is 0.829 bits per heavy atom. The van der Waals surface area contributed by atoms with E-state index < -0.39 is 42.4 Å². The van der Waals surface area contributed by atoms with E-state index in [1.54, 1.807) is 24.3 Å². The Bertz CT molecular complexity index is 951. The standard InChI is InChI=1S/C26H32N2O7/c1-3-4-15-34-23(29)17-21(28-26(32)35-18-20-13-9-6-10-14-20)24(30)27-22(25(31)33-2)16-19-11-7-5-8-12-19/h5-14,21-22H,3-4,15-18H2,1-2H3,(H,27,30)(H,28,32)/t21-,22-/m0/s1. The molecule has 0 unspecified atom stereocenters. The number of ether oxygens (including phenoxy) is 3. The third-order valence-corrected chi connectivity index (χ3v) is 5.04. The monoisotopic (exact) mass is 484 g/mol. The van der Waals surface area contributed by atoms with Gasteiger partial charge in [-0.2, -0.15) is 0 Å². The highest BCUT2D eigenvalue weighted by molar-refractivity contribution is 5.92. The van der Waals surface area contributed by atoms with Gasteiger partial charge in [-0.1, -0.05) is 74.0 Å². The van der Waals surface area contributed by atoms with Crippen LogP contribution in [-0.4, -0.2) is 49.7 Å². The fourth-order valence-electron chi connectivity index (χ4n) is 3.13. The lowest BCUT2D eigenvalue weighted by molar-refractivity contribution is -0.147. The van der Waals surface area contributed by atoms with Crippen molar-refractivity contribution in [2.45, 2.75) is 51.3 Å². The van der Waals surface area contributed by atoms with E-state index >= 15 is 0 Å². The second kappa shape index (κ2) is 15.1. The normalized spacial score (nSPS) is 12.1. The van der Waals surface area contributed by atoms with Gasteiger partial charge in [0.25, 0.3) is 0 Å². The molecule has 35 heavy (non-hydrogen) atoms. The van der Waals surface area contributed by atoms with E-state index in [1.807, 2.05) is 43.3 Å². The molecule has 0 radical (unpaired) electrons. The number of carbonyl (C=O) groups is 4. The number of hydrogen-bond donors (Lipinski definition) is 2. The molecule has 188 valence electrons. The molecule has 0 saturated heterocycles. The highest BCUT2D eigenvalue weighted by Gasteiger charge is 2.30. The highest BCUT2D eigenvalue weighted by Crippen LogP contribution is 2.07. The van der Waals surface area contributed by atoms with Crippen molar-refractivity contribution < 1.29 is 33.4 Å². The van der Waals surface area contributed by atoms with E-state index in [-0.39, 0.29) is 19.6 Å². The molecule has 0 fully saturated rings. The van der Waals surface area contributed by atoms with Gasteiger partial charge in [0.05, 0.1) is 20.1 Å². The minimum absolute atomic E-state index is 0.0131. The Morgan fingerprint density at radius 3 is 2.06 bits per heavy atom. The van der Waals surface area contributed by atoms with E-state index in [0.29, 0.717) is 6.42 Å². The molecule has 0 aliphatic heterocycles. The first-order valence-electron chi connectivity index (χ1n) is 11.5. The van der Waals surface area contributed by atoms with Gasteiger partial charge in [0.2, 0.25) is 5.91 Å². The lowest BCUT2D eigenvalue weighted by Crippen LogP contribution is -2.53. The zero-order chi connectivity index (χ0) is 25.5. The summed E-state index contributed by atoms with van der Waals surface area (Å²) < 4.78 is 15.1. The van der Waals surface area contributed by atoms with Gasteiger partial charge in [-0.15, -0.1) is 0 Å². The number of alkyl carbamates (subject to hydrolysis) is 1. The Morgan fingerprint density at radius 2 is 1.46 bits per heavy atom. The summed E-state index contributed by atoms with van der Waals surface area (Å²) >= 11 is 0. The molecule has 0 aliphatic rings. The molecule has 0 heterocycles. The molecule has 9 nitrogen and oxygen atoms in total. The van der Waals surface area contributed by atoms with Gasteiger partial charge in [0.1, 0.15) is 18.7 Å². The maximum Gasteiger partial charge on any atom is 0.408 e. The summed E-state index contributed by atoms with van der Waals surface area (Å²) in [5.74, 6) is -2.04. The molecule has 0 bridgehead atoms. The first kappa shape index (κ1) is 27.4. The van der Waals surface area contributed by atoms with Gasteiger partial charge >= 0.3 is 18.0 Å². The first-order chi connectivity index (χ1) is 16.9. The van der Waals surface area contributed by atoms with Crippen LogP contribution >= 0.6 is 0 Å². The number of rotatable bonds is 13. The van der Waals surface area contributed by atoms with E-state index in [2.05, 4.69) is 10.6 Å². The van der Waals surface area contributed by atoms with Crippen molar-refractivity contribution in [3.8, 4) is 0 Å². The summed E-state index contributed by atoms with van der Waals surface area (Å²) in [6.45, 7) is 2.15. The van der Waals surface area contributed by atoms with Gasteiger partial charge in [-0.25, -0.2) is 9.59 Å². The number of amides is 2. The van der Waals surface area contributed by atoms with E-state index in [9.17, 15) is 19.2 Å². The number of hydrogen-bond acceptors (Lipinski definition) is 7. The average molecular weight is 485 g/mol. The second-order valence-corrected chi connectivity index (χ2v) is 7.81. The minimum atomic E-state index is -1.31. The molecule has 2 aromatic rings. The van der Waals surface area contributed by atoms with Crippen molar-refractivity contribution in [1.82, 2.24) is 10.6 Å². The Balaban J connectivity index is 2.07. The maximum absolute atomic E-state index is 13.0. The van der Waals surface area contributed by atoms with Crippen molar-refractivity contribution >= 4 is 23.9 Å². The smallest absolute Gasteiger partial charge is 0.408 e. The summed E-state index contributed by atoms with van der Waals surface area (Å²) in [6, 6.07) is 15.8. The molecule has 2 amide bonds. The molecule has 2 aromatic carbocycles. The molecular formula is C26H32N2O7. The van der Waals surface area contributed by atoms with Crippen molar-refractivity contribution in [1.29, 1.82) is 0 Å². The average Bonchev–Trinajstić information content (AvgIpc) is 2.87. The molecule has 2 rings (SSSR count). The van der Waals surface area contributed by atoms with Crippen LogP contribution in [0.15, 0.2) is 60.7 Å². The summed E-state index contributed by atoms with van der Waals surface area (Å²) in [4.78, 5) is 50.0. The summed E-state index contributed by atoms with van der Waals surface area (Å²) in [5, 5.41) is 4.98. The molecule has 0 saturated carbocycles. The first-order valence-corrected chi connectivity index (χ1v) is 11.5. The van der Waals surface area contributed by atoms with Crippen LogP contribution in [0.5, 0.6) is 0 Å². The van der Waals surface area contributed by atoms with Crippen LogP contribution < -0.4 is 10.6 Å². The van der Waals surface area contributed by atoms with Crippen molar-refractivity contribution in [2.24, 2.45) is 0 Å². The largest absolute Gasteiger partial charge is 0.467 e. The quantitative estimate of drug-likeness (QED) is 0.255. The molecule has 9 heteroatoms. The second-order valence-electron chi connectivity index (χ2n) is 7.81. The number of nitrogens with one attached hydrogen (secondary N) is 2. The van der Waals surface area contributed by atoms with Gasteiger partial charge in [0, 0.05) is 6.42 Å². The molecular weight excluding hydrogens is 452 g/mol. The number of esters is 2. The molecule has 2 N–H and O–H groups in total. The summed E-state index contributed by atoms with van der Waals surface area (Å²) in [5.41, 5.74) is 1.56. The van der Waals surface area contributed by atoms with Gasteiger partial charge in [-0.05, 0) is 17.5 Å². The predicted octanol–water partition coefficient (Wildman–Crippen LogP) is 2.92. The van der Waals surface area contributed by atoms with Crippen molar-refractivity contribution in [3.05, 3.63) is 71.8 Å². The SMILES string of the molecule is CCCCOC(=O)C[C@H](NC(=O)OCc1ccccc1)C(=O)N[C@@H](Cc1ccccc1)C(=O)OC. The van der Waals surface area contributed by atoms with Crippen LogP contribution in [0.2, 0.25) is 0 Å². The number of unbranched alkanes of at least 4 members (excludes halogenated alkanes) is 1. The number of benzene rings is 2. The van der Waals surface area contributed by atoms with E-state index in [0.717, 1.165) is 17.5 Å². The van der Waals surface area contributed by atoms with Gasteiger partial charge in [-0.3, -0.25) is 9.59 Å². The van der Waals surface area contributed by atoms with E-state index in [1.165, 1.54) is 7.11 Å². The summed E-state index contributed by atoms with van der Waals surface area (Å²) in [6.07, 6.45) is 0.381. The third-order valence-electron chi connectivity index (χ3n) is 5.04. The van der Waals surface area contributed by atoms with Gasteiger partial charge < -0.3 is 24.8 Å². The van der Waals surface area contributed by atoms with Crippen LogP contribution in [-0.2, 0) is 41.6 Å². The predicted molar refractivity (Wildman–Crippen MR) is 128 cm³/mol. The highest BCUT2D eigenvalue weighted by atomic mass is 16.6. The maximum atomic E-state index is 13.0. The fourth-order valence-corrected chi connectivity index (χ4v) is 3.13. The summed E-state index contributed by atoms with van der Waals surface area (Å²) in [7, 11) is 1.22. The van der Waals surface area contributed by atoms with Crippen LogP contribution in [0.25, 0.3) is 0 Å². The van der Waals surface area contributed by atoms with Crippen LogP contribution in [0.1, 0.15) is 37.3 Å². The van der Waals surface area contributed by atoms with Crippen molar-refractivity contribution in [3.63, 3.8) is 0 Å². The topological polar surface area (TPSA) is 120 Å².